The fraction of sp³-hybridized carbons (Fsp3) is 0.0526. The van der Waals surface area contributed by atoms with Gasteiger partial charge < -0.3 is 0 Å². The maximum absolute atomic E-state index is 3.65. The second-order valence-electron chi connectivity index (χ2n) is 6.11. The van der Waals surface area contributed by atoms with Crippen molar-refractivity contribution in [3.8, 4) is 0 Å². The van der Waals surface area contributed by atoms with E-state index >= 15 is 0 Å². The number of benzene rings is 3. The molecular weight excluding hydrogens is 490 g/mol. The van der Waals surface area contributed by atoms with E-state index in [9.17, 15) is 0 Å². The summed E-state index contributed by atoms with van der Waals surface area (Å²) in [7, 11) is 4.28. The monoisotopic (exact) mass is 502 g/mol. The van der Waals surface area contributed by atoms with E-state index in [0.717, 1.165) is 13.4 Å². The largest absolute Gasteiger partial charge is 0.139 e. The Morgan fingerprint density at radius 3 is 1.71 bits per heavy atom. The molecule has 0 nitrogen and oxygen atoms in total. The first kappa shape index (κ1) is 18.0. The van der Waals surface area contributed by atoms with Gasteiger partial charge >= 0.3 is 0 Å². The molecule has 5 heteroatoms. The fourth-order valence-electron chi connectivity index (χ4n) is 3.10. The molecule has 0 heterocycles. The number of rotatable bonds is 3. The van der Waals surface area contributed by atoms with Gasteiger partial charge in [-0.25, -0.2) is 0 Å². The molecule has 0 saturated carbocycles. The average Bonchev–Trinajstić information content (AvgIpc) is 2.45. The molecule has 0 radical (unpaired) electrons. The number of halogens is 3. The lowest BCUT2D eigenvalue weighted by atomic mass is 9.81. The van der Waals surface area contributed by atoms with Crippen molar-refractivity contribution in [1.82, 2.24) is 0 Å². The van der Waals surface area contributed by atoms with Crippen LogP contribution >= 0.6 is 47.8 Å². The summed E-state index contributed by atoms with van der Waals surface area (Å²) in [6.45, 7) is 0. The average molecular weight is 505 g/mol. The third-order valence-corrected chi connectivity index (χ3v) is 5.36. The molecule has 0 aliphatic carbocycles. The van der Waals surface area contributed by atoms with Crippen molar-refractivity contribution in [1.29, 1.82) is 0 Å². The van der Waals surface area contributed by atoms with E-state index in [0.29, 0.717) is 0 Å². The van der Waals surface area contributed by atoms with Crippen LogP contribution in [0.3, 0.4) is 0 Å². The molecule has 0 aliphatic heterocycles. The highest BCUT2D eigenvalue weighted by Crippen LogP contribution is 2.35. The van der Waals surface area contributed by atoms with Crippen molar-refractivity contribution < 1.29 is 0 Å². The SMILES string of the molecule is Bc1cccc(C(c2cc(B)cc(Br)c2)c2cc(Br)cc(Br)c2)c1. The zero-order valence-corrected chi connectivity index (χ0v) is 18.2. The van der Waals surface area contributed by atoms with Crippen LogP contribution in [-0.2, 0) is 0 Å². The van der Waals surface area contributed by atoms with E-state index in [-0.39, 0.29) is 5.92 Å². The maximum atomic E-state index is 3.65. The zero-order valence-electron chi connectivity index (χ0n) is 13.5. The van der Waals surface area contributed by atoms with Gasteiger partial charge in [0.15, 0.2) is 0 Å². The molecule has 0 N–H and O–H groups in total. The summed E-state index contributed by atoms with van der Waals surface area (Å²) >= 11 is 10.9. The third kappa shape index (κ3) is 4.25. The van der Waals surface area contributed by atoms with Gasteiger partial charge in [0.2, 0.25) is 0 Å². The molecule has 0 aliphatic rings. The summed E-state index contributed by atoms with van der Waals surface area (Å²) in [5.41, 5.74) is 6.39. The van der Waals surface area contributed by atoms with E-state index in [1.165, 1.54) is 27.6 Å². The Morgan fingerprint density at radius 2 is 1.12 bits per heavy atom. The van der Waals surface area contributed by atoms with E-state index in [2.05, 4.69) is 124 Å². The molecule has 1 atom stereocenters. The quantitative estimate of drug-likeness (QED) is 0.377. The minimum atomic E-state index is 0.190. The Morgan fingerprint density at radius 1 is 0.583 bits per heavy atom. The van der Waals surface area contributed by atoms with Crippen LogP contribution in [0.5, 0.6) is 0 Å². The molecule has 3 aromatic rings. The zero-order chi connectivity index (χ0) is 17.3. The highest BCUT2D eigenvalue weighted by Gasteiger charge is 2.18. The van der Waals surface area contributed by atoms with Gasteiger partial charge in [0, 0.05) is 19.3 Å². The van der Waals surface area contributed by atoms with Crippen molar-refractivity contribution in [2.45, 2.75) is 5.92 Å². The van der Waals surface area contributed by atoms with Crippen LogP contribution in [-0.4, -0.2) is 15.7 Å². The summed E-state index contributed by atoms with van der Waals surface area (Å²) in [5.74, 6) is 0.190. The molecule has 0 saturated heterocycles. The van der Waals surface area contributed by atoms with Gasteiger partial charge in [-0.3, -0.25) is 0 Å². The van der Waals surface area contributed by atoms with E-state index in [1.807, 2.05) is 0 Å². The van der Waals surface area contributed by atoms with Crippen LogP contribution in [0.25, 0.3) is 0 Å². The smallest absolute Gasteiger partial charge is 0.0887 e. The van der Waals surface area contributed by atoms with Crippen molar-refractivity contribution in [3.63, 3.8) is 0 Å². The summed E-state index contributed by atoms with van der Waals surface area (Å²) in [6.07, 6.45) is 0. The predicted molar refractivity (Wildman–Crippen MR) is 120 cm³/mol. The Labute approximate surface area is 170 Å². The standard InChI is InChI=1S/C19H15B2Br3/c20-14-3-1-2-11(4-14)19(12-5-15(21)9-16(22)6-12)13-7-17(23)10-18(24)8-13/h1-10,19H,20-21H2. The minimum Gasteiger partial charge on any atom is -0.0887 e. The second kappa shape index (κ2) is 7.63. The summed E-state index contributed by atoms with van der Waals surface area (Å²) < 4.78 is 3.27. The van der Waals surface area contributed by atoms with Crippen LogP contribution in [0, 0.1) is 0 Å². The van der Waals surface area contributed by atoms with Crippen molar-refractivity contribution >= 4 is 74.4 Å². The Balaban J connectivity index is 2.24. The molecule has 0 amide bonds. The molecular formula is C19H15B2Br3. The molecule has 3 aromatic carbocycles. The van der Waals surface area contributed by atoms with E-state index < -0.39 is 0 Å². The van der Waals surface area contributed by atoms with E-state index in [4.69, 9.17) is 0 Å². The van der Waals surface area contributed by atoms with Crippen molar-refractivity contribution in [2.24, 2.45) is 0 Å². The van der Waals surface area contributed by atoms with E-state index in [1.54, 1.807) is 0 Å². The molecule has 0 spiro atoms. The van der Waals surface area contributed by atoms with Crippen LogP contribution < -0.4 is 10.9 Å². The Bertz CT molecular complexity index is 802. The number of hydrogen-bond acceptors (Lipinski definition) is 0. The summed E-state index contributed by atoms with van der Waals surface area (Å²) in [4.78, 5) is 0. The van der Waals surface area contributed by atoms with Crippen molar-refractivity contribution in [3.05, 3.63) is 90.8 Å². The Kier molecular flexibility index (Phi) is 5.74. The molecule has 3 rings (SSSR count). The van der Waals surface area contributed by atoms with Gasteiger partial charge in [-0.2, -0.15) is 0 Å². The lowest BCUT2D eigenvalue weighted by Crippen LogP contribution is -2.12. The molecule has 0 fully saturated rings. The van der Waals surface area contributed by atoms with Gasteiger partial charge in [-0.1, -0.05) is 95.1 Å². The second-order valence-corrected chi connectivity index (χ2v) is 8.86. The minimum absolute atomic E-state index is 0.190. The summed E-state index contributed by atoms with van der Waals surface area (Å²) in [5, 5.41) is 0. The summed E-state index contributed by atoms with van der Waals surface area (Å²) in [6, 6.07) is 21.9. The Hall–Kier alpha value is -0.770. The van der Waals surface area contributed by atoms with Crippen LogP contribution in [0.1, 0.15) is 22.6 Å². The van der Waals surface area contributed by atoms with Gasteiger partial charge in [-0.15, -0.1) is 0 Å². The van der Waals surface area contributed by atoms with Crippen molar-refractivity contribution in [2.75, 3.05) is 0 Å². The first-order valence-corrected chi connectivity index (χ1v) is 10.1. The van der Waals surface area contributed by atoms with Gasteiger partial charge in [0.05, 0.1) is 0 Å². The van der Waals surface area contributed by atoms with Crippen LogP contribution in [0.4, 0.5) is 0 Å². The molecule has 0 aromatic heterocycles. The molecule has 0 bridgehead atoms. The molecule has 24 heavy (non-hydrogen) atoms. The lowest BCUT2D eigenvalue weighted by Gasteiger charge is -2.21. The first-order valence-electron chi connectivity index (χ1n) is 7.72. The third-order valence-electron chi connectivity index (χ3n) is 3.99. The first-order chi connectivity index (χ1) is 11.4. The highest BCUT2D eigenvalue weighted by molar-refractivity contribution is 9.11. The number of hydrogen-bond donors (Lipinski definition) is 0. The topological polar surface area (TPSA) is 0 Å². The van der Waals surface area contributed by atoms with Crippen LogP contribution in [0.15, 0.2) is 74.1 Å². The molecule has 118 valence electrons. The highest BCUT2D eigenvalue weighted by atomic mass is 79.9. The van der Waals surface area contributed by atoms with Gasteiger partial charge in [0.25, 0.3) is 0 Å². The normalized spacial score (nSPS) is 12.1. The van der Waals surface area contributed by atoms with Crippen LogP contribution in [0.2, 0.25) is 0 Å². The predicted octanol–water partition coefficient (Wildman–Crippen LogP) is 3.67. The maximum Gasteiger partial charge on any atom is 0.139 e. The fourth-order valence-corrected chi connectivity index (χ4v) is 5.05. The van der Waals surface area contributed by atoms with Gasteiger partial charge in [0.1, 0.15) is 15.7 Å². The van der Waals surface area contributed by atoms with Gasteiger partial charge in [-0.05, 0) is 41.0 Å². The lowest BCUT2D eigenvalue weighted by molar-refractivity contribution is 0.976. The molecule has 1 unspecified atom stereocenters.